The van der Waals surface area contributed by atoms with E-state index in [-0.39, 0.29) is 17.3 Å². The zero-order chi connectivity index (χ0) is 12.6. The van der Waals surface area contributed by atoms with E-state index in [0.29, 0.717) is 11.1 Å². The Morgan fingerprint density at radius 2 is 2.18 bits per heavy atom. The maximum Gasteiger partial charge on any atom is 0.141 e. The van der Waals surface area contributed by atoms with Crippen molar-refractivity contribution in [3.8, 4) is 0 Å². The van der Waals surface area contributed by atoms with Crippen LogP contribution in [-0.2, 0) is 16.8 Å². The normalized spacial score (nSPS) is 19.1. The number of hydrogen-bond acceptors (Lipinski definition) is 2. The molecule has 0 aromatic heterocycles. The van der Waals surface area contributed by atoms with E-state index in [1.54, 1.807) is 13.2 Å². The minimum Gasteiger partial charge on any atom is -0.380 e. The highest BCUT2D eigenvalue weighted by Gasteiger charge is 2.49. The quantitative estimate of drug-likeness (QED) is 0.927. The van der Waals surface area contributed by atoms with Gasteiger partial charge in [-0.05, 0) is 59.0 Å². The van der Waals surface area contributed by atoms with Crippen molar-refractivity contribution >= 4 is 15.9 Å². The Morgan fingerprint density at radius 1 is 1.53 bits per heavy atom. The summed E-state index contributed by atoms with van der Waals surface area (Å²) in [7, 11) is 1.63. The fraction of sp³-hybridized carbons (Fsp3) is 0.538. The molecule has 0 amide bonds. The van der Waals surface area contributed by atoms with Crippen LogP contribution in [0.2, 0.25) is 0 Å². The summed E-state index contributed by atoms with van der Waals surface area (Å²) in [5, 5.41) is 0. The summed E-state index contributed by atoms with van der Waals surface area (Å²) in [5.41, 5.74) is 7.53. The van der Waals surface area contributed by atoms with Crippen molar-refractivity contribution in [1.29, 1.82) is 0 Å². The van der Waals surface area contributed by atoms with Crippen LogP contribution >= 0.6 is 15.9 Å². The Hall–Kier alpha value is -0.450. The van der Waals surface area contributed by atoms with E-state index >= 15 is 0 Å². The molecular weight excluding hydrogens is 285 g/mol. The van der Waals surface area contributed by atoms with Crippen LogP contribution in [-0.4, -0.2) is 13.2 Å². The molecule has 0 spiro atoms. The summed E-state index contributed by atoms with van der Waals surface area (Å²) >= 11 is 3.26. The van der Waals surface area contributed by atoms with Gasteiger partial charge in [0.05, 0.1) is 11.1 Å². The molecule has 1 atom stereocenters. The fourth-order valence-electron chi connectivity index (χ4n) is 2.36. The van der Waals surface area contributed by atoms with Gasteiger partial charge in [-0.1, -0.05) is 0 Å². The van der Waals surface area contributed by atoms with Crippen LogP contribution < -0.4 is 5.73 Å². The summed E-state index contributed by atoms with van der Waals surface area (Å²) in [5.74, 6) is -0.181. The van der Waals surface area contributed by atoms with Crippen LogP contribution in [0.25, 0.3) is 0 Å². The topological polar surface area (TPSA) is 35.2 Å². The van der Waals surface area contributed by atoms with Crippen molar-refractivity contribution in [2.45, 2.75) is 37.8 Å². The number of benzene rings is 1. The lowest BCUT2D eigenvalue weighted by atomic mass is 9.88. The van der Waals surface area contributed by atoms with Gasteiger partial charge in [-0.25, -0.2) is 4.39 Å². The third-order valence-electron chi connectivity index (χ3n) is 3.60. The molecule has 2 rings (SSSR count). The Balaban J connectivity index is 2.46. The van der Waals surface area contributed by atoms with Gasteiger partial charge in [0, 0.05) is 18.6 Å². The molecule has 0 bridgehead atoms. The van der Waals surface area contributed by atoms with Gasteiger partial charge in [0.2, 0.25) is 0 Å². The van der Waals surface area contributed by atoms with Crippen LogP contribution in [0.1, 0.15) is 30.9 Å². The number of rotatable bonds is 4. The highest BCUT2D eigenvalue weighted by molar-refractivity contribution is 9.10. The van der Waals surface area contributed by atoms with Crippen LogP contribution in [0.3, 0.4) is 0 Å². The molecule has 2 N–H and O–H groups in total. The average molecular weight is 302 g/mol. The Labute approximate surface area is 109 Å². The molecule has 1 aromatic rings. The number of ether oxygens (including phenoxy) is 1. The van der Waals surface area contributed by atoms with Crippen LogP contribution in [0.5, 0.6) is 0 Å². The van der Waals surface area contributed by atoms with Gasteiger partial charge in [0.25, 0.3) is 0 Å². The van der Waals surface area contributed by atoms with Crippen molar-refractivity contribution in [1.82, 2.24) is 0 Å². The Kier molecular flexibility index (Phi) is 3.57. The van der Waals surface area contributed by atoms with E-state index in [9.17, 15) is 4.39 Å². The summed E-state index contributed by atoms with van der Waals surface area (Å²) in [6.07, 6.45) is 1.93. The molecule has 2 nitrogen and oxygen atoms in total. The molecule has 0 heterocycles. The highest BCUT2D eigenvalue weighted by Crippen LogP contribution is 2.52. The molecule has 0 radical (unpaired) electrons. The number of halogens is 2. The summed E-state index contributed by atoms with van der Waals surface area (Å²) < 4.78 is 19.8. The second-order valence-electron chi connectivity index (χ2n) is 4.82. The molecular formula is C13H17BrFNO. The van der Waals surface area contributed by atoms with Crippen molar-refractivity contribution in [2.75, 3.05) is 7.11 Å². The molecule has 1 unspecified atom stereocenters. The van der Waals surface area contributed by atoms with Crippen LogP contribution in [0, 0.1) is 5.82 Å². The second kappa shape index (κ2) is 4.67. The van der Waals surface area contributed by atoms with Gasteiger partial charge >= 0.3 is 0 Å². The third-order valence-corrected chi connectivity index (χ3v) is 4.17. The van der Waals surface area contributed by atoms with E-state index in [1.807, 2.05) is 13.0 Å². The van der Waals surface area contributed by atoms with Crippen molar-refractivity contribution < 1.29 is 9.13 Å². The first-order valence-corrected chi connectivity index (χ1v) is 6.53. The first-order chi connectivity index (χ1) is 8.01. The average Bonchev–Trinajstić information content (AvgIpc) is 3.04. The molecule has 0 aliphatic heterocycles. The molecule has 1 aliphatic rings. The molecule has 1 saturated carbocycles. The lowest BCUT2D eigenvalue weighted by Crippen LogP contribution is -2.32. The Bertz CT molecular complexity index is 430. The van der Waals surface area contributed by atoms with Gasteiger partial charge in [-0.2, -0.15) is 0 Å². The molecule has 1 fully saturated rings. The zero-order valence-electron chi connectivity index (χ0n) is 10.1. The van der Waals surface area contributed by atoms with E-state index in [1.165, 1.54) is 0 Å². The number of hydrogen-bond donors (Lipinski definition) is 1. The standard InChI is InChI=1S/C13H17BrFNO/c1-8(16)13(3-4-13)10-5-9(7-17-2)6-11(14)12(10)15/h5-6,8H,3-4,7,16H2,1-2H3. The van der Waals surface area contributed by atoms with Gasteiger partial charge in [0.1, 0.15) is 5.82 Å². The minimum atomic E-state index is -0.181. The first-order valence-electron chi connectivity index (χ1n) is 5.74. The maximum absolute atomic E-state index is 14.2. The Morgan fingerprint density at radius 3 is 2.65 bits per heavy atom. The monoisotopic (exact) mass is 301 g/mol. The maximum atomic E-state index is 14.2. The summed E-state index contributed by atoms with van der Waals surface area (Å²) in [6.45, 7) is 2.43. The lowest BCUT2D eigenvalue weighted by molar-refractivity contribution is 0.184. The van der Waals surface area contributed by atoms with E-state index in [0.717, 1.165) is 24.0 Å². The molecule has 94 valence electrons. The second-order valence-corrected chi connectivity index (χ2v) is 5.67. The largest absolute Gasteiger partial charge is 0.380 e. The van der Waals surface area contributed by atoms with Gasteiger partial charge < -0.3 is 10.5 Å². The van der Waals surface area contributed by atoms with E-state index < -0.39 is 0 Å². The summed E-state index contributed by atoms with van der Waals surface area (Å²) in [6, 6.07) is 3.63. The van der Waals surface area contributed by atoms with Gasteiger partial charge in [0.15, 0.2) is 0 Å². The van der Waals surface area contributed by atoms with E-state index in [2.05, 4.69) is 15.9 Å². The van der Waals surface area contributed by atoms with Crippen molar-refractivity contribution in [3.05, 3.63) is 33.5 Å². The van der Waals surface area contributed by atoms with Gasteiger partial charge in [-0.3, -0.25) is 0 Å². The summed E-state index contributed by atoms with van der Waals surface area (Å²) in [4.78, 5) is 0. The van der Waals surface area contributed by atoms with E-state index in [4.69, 9.17) is 10.5 Å². The lowest BCUT2D eigenvalue weighted by Gasteiger charge is -2.22. The minimum absolute atomic E-state index is 0.0262. The molecule has 1 aromatic carbocycles. The first kappa shape index (κ1) is 13.0. The van der Waals surface area contributed by atoms with Crippen LogP contribution in [0.15, 0.2) is 16.6 Å². The zero-order valence-corrected chi connectivity index (χ0v) is 11.7. The SMILES string of the molecule is COCc1cc(Br)c(F)c(C2(C(C)N)CC2)c1. The van der Waals surface area contributed by atoms with Crippen molar-refractivity contribution in [2.24, 2.45) is 5.73 Å². The molecule has 0 saturated heterocycles. The number of nitrogens with two attached hydrogens (primary N) is 1. The third kappa shape index (κ3) is 2.26. The fourth-order valence-corrected chi connectivity index (χ4v) is 2.87. The van der Waals surface area contributed by atoms with Gasteiger partial charge in [-0.15, -0.1) is 0 Å². The number of methoxy groups -OCH3 is 1. The van der Waals surface area contributed by atoms with Crippen LogP contribution in [0.4, 0.5) is 4.39 Å². The molecule has 17 heavy (non-hydrogen) atoms. The van der Waals surface area contributed by atoms with Crippen molar-refractivity contribution in [3.63, 3.8) is 0 Å². The predicted molar refractivity (Wildman–Crippen MR) is 69.4 cm³/mol. The molecule has 4 heteroatoms. The molecule has 1 aliphatic carbocycles. The smallest absolute Gasteiger partial charge is 0.141 e. The highest BCUT2D eigenvalue weighted by atomic mass is 79.9. The predicted octanol–water partition coefficient (Wildman–Crippen LogP) is 3.11.